The van der Waals surface area contributed by atoms with E-state index in [2.05, 4.69) is 5.09 Å². The second-order valence-corrected chi connectivity index (χ2v) is 12.0. The van der Waals surface area contributed by atoms with E-state index in [-0.39, 0.29) is 18.8 Å². The normalized spacial score (nSPS) is 20.8. The van der Waals surface area contributed by atoms with Gasteiger partial charge in [-0.2, -0.15) is 9.48 Å². The monoisotopic (exact) mass is 643 g/mol. The van der Waals surface area contributed by atoms with E-state index in [1.807, 2.05) is 24.3 Å². The van der Waals surface area contributed by atoms with E-state index >= 15 is 0 Å². The maximum absolute atomic E-state index is 14.4. The van der Waals surface area contributed by atoms with Crippen molar-refractivity contribution >= 4 is 24.5 Å². The lowest BCUT2D eigenvalue weighted by atomic mass is 10.1. The molecule has 6 atom stereocenters. The average Bonchev–Trinajstić information content (AvgIpc) is 3.42. The molecule has 0 radical (unpaired) electrons. The first-order valence-electron chi connectivity index (χ1n) is 14.0. The summed E-state index contributed by atoms with van der Waals surface area (Å²) < 4.78 is 51.8. The summed E-state index contributed by atoms with van der Waals surface area (Å²) in [5.41, 5.74) is -1.49. The molecule has 4 N–H and O–H groups in total. The molecule has 3 aromatic carbocycles. The number of carbonyl (C=O) groups excluding carboxylic acids is 1. The summed E-state index contributed by atoms with van der Waals surface area (Å²) in [4.78, 5) is 38.4. The van der Waals surface area contributed by atoms with Crippen LogP contribution in [-0.4, -0.2) is 56.7 Å². The van der Waals surface area contributed by atoms with Gasteiger partial charge in [0.25, 0.3) is 5.56 Å². The third kappa shape index (κ3) is 7.56. The lowest BCUT2D eigenvalue weighted by Crippen LogP contribution is -2.42. The maximum atomic E-state index is 14.4. The fourth-order valence-corrected chi connectivity index (χ4v) is 6.56. The Kier molecular flexibility index (Phi) is 9.93. The molecule has 0 bridgehead atoms. The van der Waals surface area contributed by atoms with Gasteiger partial charge in [-0.15, -0.1) is 0 Å². The summed E-state index contributed by atoms with van der Waals surface area (Å²) in [5.74, 6) is -1.90. The van der Waals surface area contributed by atoms with Gasteiger partial charge in [-0.05, 0) is 23.9 Å². The first-order valence-corrected chi connectivity index (χ1v) is 15.5. The van der Waals surface area contributed by atoms with E-state index < -0.39 is 68.0 Å². The van der Waals surface area contributed by atoms with Crippen molar-refractivity contribution in [1.82, 2.24) is 14.6 Å². The van der Waals surface area contributed by atoms with Crippen molar-refractivity contribution in [2.75, 3.05) is 6.61 Å². The fourth-order valence-electron chi connectivity index (χ4n) is 4.86. The number of carbonyl (C=O) groups is 1. The minimum Gasteiger partial charge on any atom is -0.460 e. The van der Waals surface area contributed by atoms with E-state index in [4.69, 9.17) is 18.5 Å². The lowest BCUT2D eigenvalue weighted by Gasteiger charge is -2.30. The van der Waals surface area contributed by atoms with Gasteiger partial charge in [0.05, 0.1) is 18.9 Å². The molecule has 1 aliphatic rings. The highest BCUT2D eigenvalue weighted by atomic mass is 31.2. The number of hydrogen-bond donors (Lipinski definition) is 4. The third-order valence-corrected chi connectivity index (χ3v) is 8.78. The number of H-pyrrole nitrogens is 1. The summed E-state index contributed by atoms with van der Waals surface area (Å²) in [7, 11) is -4.60. The third-order valence-electron chi connectivity index (χ3n) is 7.09. The first kappa shape index (κ1) is 32.2. The van der Waals surface area contributed by atoms with Gasteiger partial charge >= 0.3 is 19.4 Å². The number of nitrogens with zero attached hydrogens (tertiary/aromatic N) is 1. The van der Waals surface area contributed by atoms with E-state index in [0.717, 1.165) is 15.5 Å². The minimum atomic E-state index is -4.60. The topological polar surface area (TPSA) is 178 Å². The summed E-state index contributed by atoms with van der Waals surface area (Å²) in [5, 5.41) is 24.9. The molecule has 0 aliphatic carbocycles. The van der Waals surface area contributed by atoms with Crippen molar-refractivity contribution in [1.29, 1.82) is 0 Å². The minimum absolute atomic E-state index is 0.0471. The molecule has 45 heavy (non-hydrogen) atoms. The molecule has 1 aromatic heterocycles. The van der Waals surface area contributed by atoms with Crippen molar-refractivity contribution in [2.45, 2.75) is 50.5 Å². The molecule has 1 unspecified atom stereocenters. The number of nitrogens with one attached hydrogen (secondary N) is 2. The Labute approximate surface area is 255 Å². The molecule has 1 aliphatic heterocycles. The van der Waals surface area contributed by atoms with Crippen molar-refractivity contribution < 1.29 is 42.5 Å². The van der Waals surface area contributed by atoms with Gasteiger partial charge < -0.3 is 24.2 Å². The molecule has 1 saturated heterocycles. The number of aliphatic hydroxyl groups is 2. The smallest absolute Gasteiger partial charge is 0.459 e. The molecule has 13 nitrogen and oxygen atoms in total. The van der Waals surface area contributed by atoms with E-state index in [1.165, 1.54) is 6.92 Å². The van der Waals surface area contributed by atoms with E-state index in [1.54, 1.807) is 53.5 Å². The zero-order chi connectivity index (χ0) is 32.1. The van der Waals surface area contributed by atoms with E-state index in [0.29, 0.717) is 11.6 Å². The maximum Gasteiger partial charge on any atom is 0.459 e. The predicted molar refractivity (Wildman–Crippen MR) is 159 cm³/mol. The van der Waals surface area contributed by atoms with Crippen molar-refractivity contribution in [2.24, 2.45) is 0 Å². The number of ether oxygens (including phenoxy) is 2. The SMILES string of the molecule is C[C@H](N[P@@](=O)(Oc1cccc2ccccc12)O[C@H](CO)[C@H]1O[C@@H](n2cc(F)c(=O)[nH]c2=O)CC1O)C(=O)OCc1ccccc1. The Bertz CT molecular complexity index is 1810. The Morgan fingerprint density at radius 1 is 1.13 bits per heavy atom. The van der Waals surface area contributed by atoms with Crippen molar-refractivity contribution in [3.63, 3.8) is 0 Å². The second kappa shape index (κ2) is 13.9. The summed E-state index contributed by atoms with van der Waals surface area (Å²) >= 11 is 0. The lowest BCUT2D eigenvalue weighted by molar-refractivity contribution is -0.146. The first-order chi connectivity index (χ1) is 21.6. The molecule has 0 spiro atoms. The largest absolute Gasteiger partial charge is 0.460 e. The van der Waals surface area contributed by atoms with Crippen LogP contribution in [-0.2, 0) is 30.0 Å². The standard InChI is InChI=1S/C30H31FN3O10P/c1-18(29(38)41-17-19-8-3-2-4-9-19)33-45(40,43-24-13-7-11-20-10-5-6-12-21(20)24)44-25(16-35)27-23(36)14-26(42-27)34-15-22(31)28(37)32-30(34)39/h2-13,15,18,23,25-27,35-36H,14,16-17H2,1H3,(H,33,40)(H,32,37,39)/t18-,23?,25+,26+,27-,45+/m0/s1. The summed E-state index contributed by atoms with van der Waals surface area (Å²) in [6.07, 6.45) is -5.22. The van der Waals surface area contributed by atoms with Crippen molar-refractivity contribution in [3.8, 4) is 5.75 Å². The number of halogens is 1. The zero-order valence-corrected chi connectivity index (χ0v) is 24.8. The quantitative estimate of drug-likeness (QED) is 0.132. The Hall–Kier alpha value is -4.17. The molecule has 238 valence electrons. The number of hydrogen-bond acceptors (Lipinski definition) is 10. The summed E-state index contributed by atoms with van der Waals surface area (Å²) in [6, 6.07) is 19.8. The van der Waals surface area contributed by atoms with Crippen LogP contribution in [0, 0.1) is 5.82 Å². The Morgan fingerprint density at radius 2 is 1.84 bits per heavy atom. The van der Waals surface area contributed by atoms with Gasteiger partial charge in [-0.3, -0.25) is 23.7 Å². The fraction of sp³-hybridized carbons (Fsp3) is 0.300. The molecule has 15 heteroatoms. The van der Waals surface area contributed by atoms with Gasteiger partial charge in [0.2, 0.25) is 5.82 Å². The molecule has 1 fully saturated rings. The highest BCUT2D eigenvalue weighted by molar-refractivity contribution is 7.52. The predicted octanol–water partition coefficient (Wildman–Crippen LogP) is 2.76. The van der Waals surface area contributed by atoms with Crippen LogP contribution >= 0.6 is 7.75 Å². The van der Waals surface area contributed by atoms with Crippen LogP contribution in [0.1, 0.15) is 25.1 Å². The number of aliphatic hydroxyl groups excluding tert-OH is 2. The number of fused-ring (bicyclic) bond motifs is 1. The molecule has 5 rings (SSSR count). The molecule has 4 aromatic rings. The van der Waals surface area contributed by atoms with Crippen LogP contribution in [0.3, 0.4) is 0 Å². The van der Waals surface area contributed by atoms with Crippen LogP contribution < -0.4 is 20.9 Å². The van der Waals surface area contributed by atoms with Crippen LogP contribution in [0.25, 0.3) is 10.8 Å². The summed E-state index contributed by atoms with van der Waals surface area (Å²) in [6.45, 7) is 0.493. The number of aromatic amines is 1. The van der Waals surface area contributed by atoms with Gasteiger partial charge in [0, 0.05) is 11.8 Å². The van der Waals surface area contributed by atoms with Crippen LogP contribution in [0.15, 0.2) is 88.6 Å². The second-order valence-electron chi connectivity index (χ2n) is 10.3. The molecular weight excluding hydrogens is 612 g/mol. The molecule has 0 saturated carbocycles. The molecule has 2 heterocycles. The number of esters is 1. The number of benzene rings is 3. The van der Waals surface area contributed by atoms with Gasteiger partial charge in [-0.1, -0.05) is 66.7 Å². The Morgan fingerprint density at radius 3 is 2.60 bits per heavy atom. The zero-order valence-electron chi connectivity index (χ0n) is 23.9. The van der Waals surface area contributed by atoms with Crippen LogP contribution in [0.2, 0.25) is 0 Å². The molecule has 0 amide bonds. The highest BCUT2D eigenvalue weighted by Gasteiger charge is 2.45. The van der Waals surface area contributed by atoms with Gasteiger partial charge in [0.1, 0.15) is 36.8 Å². The Balaban J connectivity index is 1.39. The van der Waals surface area contributed by atoms with E-state index in [9.17, 15) is 33.6 Å². The number of aromatic nitrogens is 2. The molecular formula is C30H31FN3O10P. The van der Waals surface area contributed by atoms with Crippen LogP contribution in [0.4, 0.5) is 4.39 Å². The highest BCUT2D eigenvalue weighted by Crippen LogP contribution is 2.49. The van der Waals surface area contributed by atoms with Crippen LogP contribution in [0.5, 0.6) is 5.75 Å². The van der Waals surface area contributed by atoms with Gasteiger partial charge in [0.15, 0.2) is 0 Å². The number of rotatable bonds is 12. The van der Waals surface area contributed by atoms with Crippen molar-refractivity contribution in [3.05, 3.63) is 111 Å². The average molecular weight is 644 g/mol. The van der Waals surface area contributed by atoms with Gasteiger partial charge in [-0.25, -0.2) is 9.36 Å².